The molecule has 2 rings (SSSR count). The van der Waals surface area contributed by atoms with Gasteiger partial charge in [-0.3, -0.25) is 0 Å². The predicted molar refractivity (Wildman–Crippen MR) is 86.0 cm³/mol. The second kappa shape index (κ2) is 6.05. The van der Waals surface area contributed by atoms with Crippen molar-refractivity contribution in [3.8, 4) is 0 Å². The molecule has 1 unspecified atom stereocenters. The third kappa shape index (κ3) is 3.97. The third-order valence-electron chi connectivity index (χ3n) is 3.18. The molecule has 0 heterocycles. The van der Waals surface area contributed by atoms with E-state index in [2.05, 4.69) is 5.32 Å². The number of aryl methyl sites for hydroxylation is 1. The molecule has 6 heteroatoms. The second-order valence-electron chi connectivity index (χ2n) is 4.97. The number of hydrogen-bond donors (Lipinski definition) is 2. The largest absolute Gasteiger partial charge is 0.377 e. The van der Waals surface area contributed by atoms with Crippen LogP contribution in [0.15, 0.2) is 47.4 Å². The van der Waals surface area contributed by atoms with Crippen molar-refractivity contribution in [2.45, 2.75) is 24.8 Å². The summed E-state index contributed by atoms with van der Waals surface area (Å²) in [5.41, 5.74) is 2.70. The Morgan fingerprint density at radius 1 is 1.19 bits per heavy atom. The highest BCUT2D eigenvalue weighted by molar-refractivity contribution is 7.89. The van der Waals surface area contributed by atoms with E-state index in [-0.39, 0.29) is 10.9 Å². The maximum Gasteiger partial charge on any atom is 0.238 e. The fraction of sp³-hybridized carbons (Fsp3) is 0.200. The zero-order chi connectivity index (χ0) is 15.6. The number of rotatable bonds is 4. The smallest absolute Gasteiger partial charge is 0.238 e. The van der Waals surface area contributed by atoms with E-state index in [1.54, 1.807) is 12.1 Å². The molecule has 0 saturated heterocycles. The first-order valence-corrected chi connectivity index (χ1v) is 8.35. The van der Waals surface area contributed by atoms with E-state index >= 15 is 0 Å². The Labute approximate surface area is 130 Å². The number of benzene rings is 2. The minimum Gasteiger partial charge on any atom is -0.377 e. The van der Waals surface area contributed by atoms with E-state index in [0.717, 1.165) is 16.8 Å². The third-order valence-corrected chi connectivity index (χ3v) is 4.41. The van der Waals surface area contributed by atoms with Crippen molar-refractivity contribution in [1.29, 1.82) is 0 Å². The quantitative estimate of drug-likeness (QED) is 0.904. The second-order valence-corrected chi connectivity index (χ2v) is 6.94. The lowest BCUT2D eigenvalue weighted by atomic mass is 10.1. The van der Waals surface area contributed by atoms with Gasteiger partial charge in [-0.25, -0.2) is 13.6 Å². The van der Waals surface area contributed by atoms with E-state index < -0.39 is 10.0 Å². The molecule has 0 spiro atoms. The Kier molecular flexibility index (Phi) is 4.56. The van der Waals surface area contributed by atoms with Crippen molar-refractivity contribution >= 4 is 27.3 Å². The van der Waals surface area contributed by atoms with Gasteiger partial charge in [-0.2, -0.15) is 0 Å². The van der Waals surface area contributed by atoms with Gasteiger partial charge in [0.05, 0.1) is 15.6 Å². The fourth-order valence-electron chi connectivity index (χ4n) is 2.01. The highest BCUT2D eigenvalue weighted by Gasteiger charge is 2.12. The molecule has 2 aromatic carbocycles. The molecule has 0 aliphatic carbocycles. The summed E-state index contributed by atoms with van der Waals surface area (Å²) < 4.78 is 22.8. The molecule has 112 valence electrons. The highest BCUT2D eigenvalue weighted by Crippen LogP contribution is 2.27. The summed E-state index contributed by atoms with van der Waals surface area (Å²) in [6.07, 6.45) is 0. The Hall–Kier alpha value is -1.56. The van der Waals surface area contributed by atoms with Crippen LogP contribution in [-0.2, 0) is 10.0 Å². The zero-order valence-corrected chi connectivity index (χ0v) is 13.4. The van der Waals surface area contributed by atoms with E-state index in [4.69, 9.17) is 16.7 Å². The summed E-state index contributed by atoms with van der Waals surface area (Å²) in [5, 5.41) is 9.04. The van der Waals surface area contributed by atoms with Crippen LogP contribution in [0.4, 0.5) is 5.69 Å². The van der Waals surface area contributed by atoms with E-state index in [9.17, 15) is 8.42 Å². The van der Waals surface area contributed by atoms with Crippen LogP contribution in [0.2, 0.25) is 5.02 Å². The van der Waals surface area contributed by atoms with Crippen molar-refractivity contribution in [3.05, 3.63) is 58.6 Å². The molecular formula is C15H17ClN2O2S. The molecule has 0 amide bonds. The summed E-state index contributed by atoms with van der Waals surface area (Å²) in [4.78, 5) is 0.101. The summed E-state index contributed by atoms with van der Waals surface area (Å²) >= 11 is 6.19. The van der Waals surface area contributed by atoms with Crippen LogP contribution in [0.3, 0.4) is 0 Å². The maximum atomic E-state index is 11.4. The van der Waals surface area contributed by atoms with Crippen LogP contribution < -0.4 is 10.5 Å². The molecule has 21 heavy (non-hydrogen) atoms. The number of sulfonamides is 1. The molecule has 0 bridgehead atoms. The fourth-order valence-corrected chi connectivity index (χ4v) is 2.87. The van der Waals surface area contributed by atoms with Crippen molar-refractivity contribution < 1.29 is 8.42 Å². The topological polar surface area (TPSA) is 72.2 Å². The lowest BCUT2D eigenvalue weighted by Gasteiger charge is -2.17. The van der Waals surface area contributed by atoms with Gasteiger partial charge in [0.1, 0.15) is 0 Å². The van der Waals surface area contributed by atoms with Gasteiger partial charge in [0, 0.05) is 6.04 Å². The molecule has 4 nitrogen and oxygen atoms in total. The van der Waals surface area contributed by atoms with Gasteiger partial charge in [-0.1, -0.05) is 29.8 Å². The summed E-state index contributed by atoms with van der Waals surface area (Å²) in [7, 11) is -3.70. The maximum absolute atomic E-state index is 11.4. The van der Waals surface area contributed by atoms with Gasteiger partial charge >= 0.3 is 0 Å². The van der Waals surface area contributed by atoms with Gasteiger partial charge in [0.25, 0.3) is 0 Å². The van der Waals surface area contributed by atoms with Crippen LogP contribution in [0, 0.1) is 6.92 Å². The van der Waals surface area contributed by atoms with Crippen LogP contribution in [0.5, 0.6) is 0 Å². The van der Waals surface area contributed by atoms with Crippen molar-refractivity contribution in [1.82, 2.24) is 0 Å². The average molecular weight is 325 g/mol. The molecule has 0 saturated carbocycles. The van der Waals surface area contributed by atoms with Gasteiger partial charge in [-0.15, -0.1) is 0 Å². The number of halogens is 1. The normalized spacial score (nSPS) is 13.0. The molecule has 3 N–H and O–H groups in total. The number of anilines is 1. The van der Waals surface area contributed by atoms with Crippen LogP contribution in [0.1, 0.15) is 24.1 Å². The van der Waals surface area contributed by atoms with Gasteiger partial charge in [-0.05, 0) is 49.2 Å². The Bertz CT molecular complexity index is 760. The summed E-state index contributed by atoms with van der Waals surface area (Å²) in [5.74, 6) is 0. The molecule has 1 atom stereocenters. The standard InChI is InChI=1S/C15H17ClN2O2S/c1-10-6-7-15(14(16)8-10)18-11(2)12-4-3-5-13(9-12)21(17,19)20/h3-9,11,18H,1-2H3,(H2,17,19,20). The molecule has 0 aliphatic rings. The Morgan fingerprint density at radius 2 is 1.90 bits per heavy atom. The van der Waals surface area contributed by atoms with Crippen LogP contribution in [-0.4, -0.2) is 8.42 Å². The molecule has 0 radical (unpaired) electrons. The number of hydrogen-bond acceptors (Lipinski definition) is 3. The molecule has 0 fully saturated rings. The summed E-state index contributed by atoms with van der Waals surface area (Å²) in [6, 6.07) is 12.2. The number of primary sulfonamides is 1. The minimum absolute atomic E-state index is 0.101. The Balaban J connectivity index is 2.26. The van der Waals surface area contributed by atoms with Gasteiger partial charge < -0.3 is 5.32 Å². The summed E-state index contributed by atoms with van der Waals surface area (Å²) in [6.45, 7) is 3.90. The first kappa shape index (κ1) is 15.8. The van der Waals surface area contributed by atoms with E-state index in [0.29, 0.717) is 5.02 Å². The predicted octanol–water partition coefficient (Wildman–Crippen LogP) is 3.47. The van der Waals surface area contributed by atoms with Crippen molar-refractivity contribution in [2.75, 3.05) is 5.32 Å². The van der Waals surface area contributed by atoms with Crippen molar-refractivity contribution in [2.24, 2.45) is 5.14 Å². The first-order chi connectivity index (χ1) is 9.77. The van der Waals surface area contributed by atoms with Crippen LogP contribution in [0.25, 0.3) is 0 Å². The number of nitrogens with two attached hydrogens (primary N) is 1. The molecule has 0 aliphatic heterocycles. The first-order valence-electron chi connectivity index (χ1n) is 6.43. The molecule has 2 aromatic rings. The van der Waals surface area contributed by atoms with E-state index in [1.807, 2.05) is 38.1 Å². The molecular weight excluding hydrogens is 308 g/mol. The monoisotopic (exact) mass is 324 g/mol. The Morgan fingerprint density at radius 3 is 2.52 bits per heavy atom. The van der Waals surface area contributed by atoms with Gasteiger partial charge in [0.2, 0.25) is 10.0 Å². The lowest BCUT2D eigenvalue weighted by molar-refractivity contribution is 0.597. The minimum atomic E-state index is -3.70. The highest BCUT2D eigenvalue weighted by atomic mass is 35.5. The molecule has 0 aromatic heterocycles. The lowest BCUT2D eigenvalue weighted by Crippen LogP contribution is -2.13. The van der Waals surface area contributed by atoms with Gasteiger partial charge in [0.15, 0.2) is 0 Å². The zero-order valence-electron chi connectivity index (χ0n) is 11.8. The van der Waals surface area contributed by atoms with E-state index in [1.165, 1.54) is 6.07 Å². The van der Waals surface area contributed by atoms with Crippen LogP contribution >= 0.6 is 11.6 Å². The average Bonchev–Trinajstić information content (AvgIpc) is 2.41. The SMILES string of the molecule is Cc1ccc(NC(C)c2cccc(S(N)(=O)=O)c2)c(Cl)c1. The number of nitrogens with one attached hydrogen (secondary N) is 1. The van der Waals surface area contributed by atoms with Crippen molar-refractivity contribution in [3.63, 3.8) is 0 Å².